The van der Waals surface area contributed by atoms with Gasteiger partial charge in [-0.05, 0) is 27.7 Å². The second-order valence-corrected chi connectivity index (χ2v) is 16.1. The Morgan fingerprint density at radius 1 is 0.157 bits per heavy atom. The molecule has 0 aliphatic carbocycles. The monoisotopic (exact) mass is 1410 g/mol. The van der Waals surface area contributed by atoms with Crippen molar-refractivity contribution in [3.05, 3.63) is 325 Å². The van der Waals surface area contributed by atoms with Crippen molar-refractivity contribution in [1.82, 2.24) is 0 Å². The Bertz CT molecular complexity index is 2200. The molecule has 0 heterocycles. The van der Waals surface area contributed by atoms with Crippen LogP contribution in [0.2, 0.25) is 0 Å². The second-order valence-electron chi connectivity index (χ2n) is 16.1. The Morgan fingerprint density at radius 3 is 0.265 bits per heavy atom. The first-order chi connectivity index (χ1) is 49.8. The fourth-order valence-corrected chi connectivity index (χ4v) is 5.19. The van der Waals surface area contributed by atoms with Crippen LogP contribution in [0.3, 0.4) is 0 Å². The SMILES string of the molecule is CC.CC.CC.CC.CC.CC.CC.CC.CC.CC.CC.CC(C)=O.CC(C)=O.COC.COC.COC.COC.O=C(c1ccccc1)c1ccccc1.O=C(c1ccccc1)c1ccccc1.O=C(c1ccccc1)c1ccccc1.c1ccccc1.c1ccccc1.c1ccccc1. The van der Waals surface area contributed by atoms with E-state index in [0.717, 1.165) is 33.4 Å². The van der Waals surface area contributed by atoms with Gasteiger partial charge >= 0.3 is 0 Å². The standard InChI is InChI=1S/3C13H10O.3C6H6.2C3H6O.4C2H6O.11C2H6/c3*14-13(11-7-3-1-4-8-11)12-9-5-2-6-10-12;3*1-2-4-6-5-3-1;2*1-3(2)4;4*1-3-2;11*1-2/h3*1-10H;3*1-6H;2*1-2H3;4*1-2H3;11*1-2H3. The highest BCUT2D eigenvalue weighted by Gasteiger charge is 2.08. The minimum absolute atomic E-state index is 0.0752. The predicted molar refractivity (Wildman–Crippen MR) is 458 cm³/mol. The van der Waals surface area contributed by atoms with Gasteiger partial charge in [-0.15, -0.1) is 0 Å². The Labute approximate surface area is 630 Å². The lowest BCUT2D eigenvalue weighted by atomic mass is 10.0. The van der Waals surface area contributed by atoms with Crippen molar-refractivity contribution in [3.63, 3.8) is 0 Å². The lowest BCUT2D eigenvalue weighted by Crippen LogP contribution is -1.99. The fourth-order valence-electron chi connectivity index (χ4n) is 5.19. The Kier molecular flexibility index (Phi) is 163. The van der Waals surface area contributed by atoms with Crippen LogP contribution in [0.4, 0.5) is 0 Å². The van der Waals surface area contributed by atoms with Gasteiger partial charge in [-0.3, -0.25) is 14.4 Å². The van der Waals surface area contributed by atoms with Gasteiger partial charge in [0.15, 0.2) is 17.3 Å². The van der Waals surface area contributed by atoms with E-state index in [4.69, 9.17) is 0 Å². The highest BCUT2D eigenvalue weighted by Crippen LogP contribution is 2.11. The maximum absolute atomic E-state index is 11.8. The molecule has 0 N–H and O–H groups in total. The Morgan fingerprint density at radius 2 is 0.206 bits per heavy atom. The minimum atomic E-state index is 0.0752. The first-order valence-corrected chi connectivity index (χ1v) is 36.3. The molecular weight excluding hydrogens is 1260 g/mol. The number of hydrogen-bond donors (Lipinski definition) is 0. The van der Waals surface area contributed by atoms with Gasteiger partial charge in [-0.2, -0.15) is 0 Å². The van der Waals surface area contributed by atoms with E-state index < -0.39 is 0 Å². The van der Waals surface area contributed by atoms with E-state index in [0.29, 0.717) is 0 Å². The van der Waals surface area contributed by atoms with Gasteiger partial charge in [-0.1, -0.05) is 444 Å². The third-order valence-electron chi connectivity index (χ3n) is 8.22. The maximum Gasteiger partial charge on any atom is 0.193 e. The van der Waals surface area contributed by atoms with E-state index in [9.17, 15) is 24.0 Å². The molecule has 0 bridgehead atoms. The van der Waals surface area contributed by atoms with Crippen LogP contribution in [0.5, 0.6) is 0 Å². The van der Waals surface area contributed by atoms with Crippen molar-refractivity contribution in [2.75, 3.05) is 56.9 Å². The van der Waals surface area contributed by atoms with Gasteiger partial charge in [-0.25, -0.2) is 0 Å². The van der Waals surface area contributed by atoms with Crippen LogP contribution in [-0.2, 0) is 28.5 Å². The number of carbonyl (C=O) groups is 5. The number of hydrogen-bond acceptors (Lipinski definition) is 9. The van der Waals surface area contributed by atoms with Crippen molar-refractivity contribution in [1.29, 1.82) is 0 Å². The van der Waals surface area contributed by atoms with Crippen molar-refractivity contribution in [2.45, 2.75) is 180 Å². The summed E-state index contributed by atoms with van der Waals surface area (Å²) in [5.41, 5.74) is 4.41. The number of Topliss-reactive ketones (excluding diaryl/α,β-unsaturated/α-hetero) is 2. The van der Waals surface area contributed by atoms with Gasteiger partial charge < -0.3 is 28.5 Å². The van der Waals surface area contributed by atoms with Crippen LogP contribution in [0, 0.1) is 0 Å². The molecule has 9 nitrogen and oxygen atoms in total. The lowest BCUT2D eigenvalue weighted by Gasteiger charge is -1.99. The first-order valence-electron chi connectivity index (χ1n) is 36.3. The Balaban J connectivity index is -0.0000000697. The van der Waals surface area contributed by atoms with Gasteiger partial charge in [0.2, 0.25) is 0 Å². The van der Waals surface area contributed by atoms with Gasteiger partial charge in [0, 0.05) is 90.3 Å². The molecule has 0 atom stereocenters. The van der Waals surface area contributed by atoms with Crippen LogP contribution in [0.1, 0.15) is 228 Å². The molecule has 0 amide bonds. The zero-order chi connectivity index (χ0) is 82.1. The fraction of sp³-hybridized carbons (Fsp3) is 0.366. The van der Waals surface area contributed by atoms with Gasteiger partial charge in [0.1, 0.15) is 11.6 Å². The van der Waals surface area contributed by atoms with E-state index in [1.54, 1.807) is 56.9 Å². The number of carbonyl (C=O) groups excluding carboxylic acids is 5. The van der Waals surface area contributed by atoms with Crippen LogP contribution in [-0.4, -0.2) is 85.8 Å². The molecule has 102 heavy (non-hydrogen) atoms. The van der Waals surface area contributed by atoms with E-state index in [1.807, 2.05) is 444 Å². The molecule has 0 aromatic heterocycles. The quantitative estimate of drug-likeness (QED) is 0.150. The third-order valence-corrected chi connectivity index (χ3v) is 8.22. The molecular formula is C93H150O9. The molecule has 0 saturated heterocycles. The number of ether oxygens (including phenoxy) is 4. The minimum Gasteiger partial charge on any atom is -0.388 e. The summed E-state index contributed by atoms with van der Waals surface area (Å²) < 4.78 is 17.0. The van der Waals surface area contributed by atoms with E-state index in [1.165, 1.54) is 27.7 Å². The molecule has 9 heteroatoms. The number of ketones is 5. The Hall–Kier alpha value is -8.83. The summed E-state index contributed by atoms with van der Waals surface area (Å²) in [6.45, 7) is 50.1. The highest BCUT2D eigenvalue weighted by atomic mass is 16.5. The summed E-state index contributed by atoms with van der Waals surface area (Å²) in [6, 6.07) is 91.8. The lowest BCUT2D eigenvalue weighted by molar-refractivity contribution is -0.115. The molecule has 9 rings (SSSR count). The van der Waals surface area contributed by atoms with E-state index in [-0.39, 0.29) is 28.9 Å². The summed E-state index contributed by atoms with van der Waals surface area (Å²) in [4.78, 5) is 54.4. The molecule has 0 aliphatic rings. The third kappa shape index (κ3) is 113. The summed E-state index contributed by atoms with van der Waals surface area (Å²) in [7, 11) is 13.0. The smallest absolute Gasteiger partial charge is 0.193 e. The second kappa shape index (κ2) is 132. The number of benzene rings is 9. The summed E-state index contributed by atoms with van der Waals surface area (Å²) in [5.74, 6) is 0.559. The molecule has 0 aliphatic heterocycles. The van der Waals surface area contributed by atoms with Crippen LogP contribution in [0.25, 0.3) is 0 Å². The highest BCUT2D eigenvalue weighted by molar-refractivity contribution is 6.10. The zero-order valence-electron chi connectivity index (χ0n) is 70.9. The number of methoxy groups -OCH3 is 4. The molecule has 0 fully saturated rings. The van der Waals surface area contributed by atoms with Crippen LogP contribution >= 0.6 is 0 Å². The summed E-state index contributed by atoms with van der Waals surface area (Å²) in [6.07, 6.45) is 0. The van der Waals surface area contributed by atoms with Crippen molar-refractivity contribution < 1.29 is 42.9 Å². The average molecular weight is 1410 g/mol. The molecule has 9 aromatic rings. The average Bonchev–Trinajstić information content (AvgIpc) is 0.891. The molecule has 0 saturated carbocycles. The summed E-state index contributed by atoms with van der Waals surface area (Å²) in [5, 5.41) is 0. The molecule has 0 spiro atoms. The molecule has 9 aromatic carbocycles. The largest absolute Gasteiger partial charge is 0.388 e. The van der Waals surface area contributed by atoms with E-state index >= 15 is 0 Å². The van der Waals surface area contributed by atoms with Crippen molar-refractivity contribution in [2.24, 2.45) is 0 Å². The topological polar surface area (TPSA) is 122 Å². The maximum atomic E-state index is 11.8. The predicted octanol–water partition coefficient (Wildman–Crippen LogP) is 27.3. The molecule has 0 unspecified atom stereocenters. The zero-order valence-corrected chi connectivity index (χ0v) is 70.9. The summed E-state index contributed by atoms with van der Waals surface area (Å²) >= 11 is 0. The van der Waals surface area contributed by atoms with Gasteiger partial charge in [0.25, 0.3) is 0 Å². The van der Waals surface area contributed by atoms with Crippen LogP contribution < -0.4 is 0 Å². The van der Waals surface area contributed by atoms with Gasteiger partial charge in [0.05, 0.1) is 0 Å². The number of rotatable bonds is 6. The molecule has 0 radical (unpaired) electrons. The van der Waals surface area contributed by atoms with E-state index in [2.05, 4.69) is 18.9 Å². The normalized spacial score (nSPS) is 7.27. The first kappa shape index (κ1) is 126. The van der Waals surface area contributed by atoms with Crippen molar-refractivity contribution >= 4 is 28.9 Å². The molecule has 576 valence electrons. The van der Waals surface area contributed by atoms with Crippen molar-refractivity contribution in [3.8, 4) is 0 Å². The van der Waals surface area contributed by atoms with Crippen LogP contribution in [0.15, 0.2) is 291 Å².